The molecule has 1 fully saturated rings. The van der Waals surface area contributed by atoms with Crippen molar-refractivity contribution < 1.29 is 4.74 Å². The molecule has 0 saturated carbocycles. The number of benzene rings is 1. The van der Waals surface area contributed by atoms with Gasteiger partial charge in [-0.2, -0.15) is 5.10 Å². The molecule has 0 spiro atoms. The second-order valence-corrected chi connectivity index (χ2v) is 5.51. The van der Waals surface area contributed by atoms with Crippen LogP contribution in [0.25, 0.3) is 5.69 Å². The zero-order valence-electron chi connectivity index (χ0n) is 11.9. The number of ether oxygens (including phenoxy) is 1. The highest BCUT2D eigenvalue weighted by atomic mass is 16.5. The maximum absolute atomic E-state index is 5.88. The Hall–Kier alpha value is -1.81. The Morgan fingerprint density at radius 2 is 1.95 bits per heavy atom. The maximum Gasteiger partial charge on any atom is 0.157 e. The zero-order valence-corrected chi connectivity index (χ0v) is 11.9. The van der Waals surface area contributed by atoms with Crippen LogP contribution in [0.15, 0.2) is 42.7 Å². The first-order chi connectivity index (χ1) is 9.81. The van der Waals surface area contributed by atoms with E-state index in [1.807, 2.05) is 41.2 Å². The molecule has 3 rings (SSSR count). The van der Waals surface area contributed by atoms with Crippen molar-refractivity contribution in [3.05, 3.63) is 42.7 Å². The highest BCUT2D eigenvalue weighted by Crippen LogP contribution is 2.19. The van der Waals surface area contributed by atoms with Gasteiger partial charge in [0.1, 0.15) is 0 Å². The van der Waals surface area contributed by atoms with Crippen molar-refractivity contribution in [2.24, 2.45) is 5.92 Å². The van der Waals surface area contributed by atoms with E-state index in [1.165, 1.54) is 25.9 Å². The number of nitrogens with zero attached hydrogens (tertiary/aromatic N) is 3. The van der Waals surface area contributed by atoms with Gasteiger partial charge >= 0.3 is 0 Å². The molecule has 1 aromatic carbocycles. The van der Waals surface area contributed by atoms with Gasteiger partial charge in [-0.1, -0.05) is 18.2 Å². The standard InChI is InChI=1S/C16H21N3O/c1-18-9-7-14(8-10-18)13-20-16-11-17-19(12-16)15-5-3-2-4-6-15/h2-6,11-12,14H,7-10,13H2,1H3. The third-order valence-electron chi connectivity index (χ3n) is 3.90. The summed E-state index contributed by atoms with van der Waals surface area (Å²) in [5.74, 6) is 1.53. The lowest BCUT2D eigenvalue weighted by Crippen LogP contribution is -2.32. The minimum atomic E-state index is 0.672. The van der Waals surface area contributed by atoms with Crippen LogP contribution in [0.2, 0.25) is 0 Å². The summed E-state index contributed by atoms with van der Waals surface area (Å²) in [7, 11) is 2.18. The molecule has 0 bridgehead atoms. The minimum absolute atomic E-state index is 0.672. The first-order valence-corrected chi connectivity index (χ1v) is 7.23. The molecule has 2 aromatic rings. The quantitative estimate of drug-likeness (QED) is 0.856. The Kier molecular flexibility index (Phi) is 4.02. The van der Waals surface area contributed by atoms with E-state index in [-0.39, 0.29) is 0 Å². The van der Waals surface area contributed by atoms with E-state index in [1.54, 1.807) is 6.20 Å². The topological polar surface area (TPSA) is 30.3 Å². The van der Waals surface area contributed by atoms with Gasteiger partial charge in [0.2, 0.25) is 0 Å². The van der Waals surface area contributed by atoms with Crippen molar-refractivity contribution >= 4 is 0 Å². The lowest BCUT2D eigenvalue weighted by Gasteiger charge is -2.28. The largest absolute Gasteiger partial charge is 0.490 e. The van der Waals surface area contributed by atoms with Crippen LogP contribution in [0, 0.1) is 5.92 Å². The van der Waals surface area contributed by atoms with Crippen LogP contribution in [0.4, 0.5) is 0 Å². The molecule has 0 N–H and O–H groups in total. The lowest BCUT2D eigenvalue weighted by atomic mass is 9.98. The van der Waals surface area contributed by atoms with Gasteiger partial charge in [0, 0.05) is 0 Å². The predicted octanol–water partition coefficient (Wildman–Crippen LogP) is 2.59. The SMILES string of the molecule is CN1CCC(COc2cnn(-c3ccccc3)c2)CC1. The van der Waals surface area contributed by atoms with E-state index >= 15 is 0 Å². The minimum Gasteiger partial charge on any atom is -0.490 e. The molecule has 0 radical (unpaired) electrons. The molecule has 1 saturated heterocycles. The summed E-state index contributed by atoms with van der Waals surface area (Å²) in [5.41, 5.74) is 1.06. The van der Waals surface area contributed by atoms with E-state index < -0.39 is 0 Å². The number of hydrogen-bond acceptors (Lipinski definition) is 3. The molecule has 0 atom stereocenters. The average molecular weight is 271 g/mol. The van der Waals surface area contributed by atoms with Crippen molar-refractivity contribution in [3.63, 3.8) is 0 Å². The monoisotopic (exact) mass is 271 g/mol. The van der Waals surface area contributed by atoms with E-state index in [2.05, 4.69) is 17.0 Å². The van der Waals surface area contributed by atoms with Crippen LogP contribution < -0.4 is 4.74 Å². The Labute approximate surface area is 120 Å². The molecule has 0 unspecified atom stereocenters. The van der Waals surface area contributed by atoms with E-state index in [9.17, 15) is 0 Å². The highest BCUT2D eigenvalue weighted by molar-refractivity contribution is 5.32. The fraction of sp³-hybridized carbons (Fsp3) is 0.438. The van der Waals surface area contributed by atoms with Gasteiger partial charge in [0.15, 0.2) is 5.75 Å². The molecule has 2 heterocycles. The van der Waals surface area contributed by atoms with Gasteiger partial charge in [-0.25, -0.2) is 4.68 Å². The first kappa shape index (κ1) is 13.2. The number of rotatable bonds is 4. The van der Waals surface area contributed by atoms with E-state index in [0.717, 1.165) is 18.0 Å². The Balaban J connectivity index is 1.55. The number of likely N-dealkylation sites (tertiary alicyclic amines) is 1. The fourth-order valence-electron chi connectivity index (χ4n) is 2.55. The van der Waals surface area contributed by atoms with Crippen molar-refractivity contribution in [2.75, 3.05) is 26.7 Å². The molecular formula is C16H21N3O. The number of para-hydroxylation sites is 1. The van der Waals surface area contributed by atoms with Gasteiger partial charge in [0.05, 0.1) is 24.7 Å². The predicted molar refractivity (Wildman–Crippen MR) is 79.3 cm³/mol. The van der Waals surface area contributed by atoms with Crippen LogP contribution >= 0.6 is 0 Å². The Bertz CT molecular complexity index is 530. The van der Waals surface area contributed by atoms with Crippen molar-refractivity contribution in [2.45, 2.75) is 12.8 Å². The highest BCUT2D eigenvalue weighted by Gasteiger charge is 2.17. The van der Waals surface area contributed by atoms with Gasteiger partial charge in [-0.15, -0.1) is 0 Å². The molecule has 0 aliphatic carbocycles. The smallest absolute Gasteiger partial charge is 0.157 e. The van der Waals surface area contributed by atoms with Crippen LogP contribution in [-0.2, 0) is 0 Å². The zero-order chi connectivity index (χ0) is 13.8. The molecule has 1 aliphatic rings. The summed E-state index contributed by atoms with van der Waals surface area (Å²) >= 11 is 0. The van der Waals surface area contributed by atoms with Crippen LogP contribution in [-0.4, -0.2) is 41.4 Å². The maximum atomic E-state index is 5.88. The molecule has 106 valence electrons. The molecular weight excluding hydrogens is 250 g/mol. The van der Waals surface area contributed by atoms with Crippen LogP contribution in [0.1, 0.15) is 12.8 Å². The molecule has 1 aliphatic heterocycles. The molecule has 4 nitrogen and oxygen atoms in total. The second-order valence-electron chi connectivity index (χ2n) is 5.51. The summed E-state index contributed by atoms with van der Waals surface area (Å²) < 4.78 is 7.73. The van der Waals surface area contributed by atoms with E-state index in [0.29, 0.717) is 5.92 Å². The summed E-state index contributed by atoms with van der Waals surface area (Å²) in [6.45, 7) is 3.16. The van der Waals surface area contributed by atoms with Gasteiger partial charge in [0.25, 0.3) is 0 Å². The van der Waals surface area contributed by atoms with Crippen LogP contribution in [0.3, 0.4) is 0 Å². The van der Waals surface area contributed by atoms with E-state index in [4.69, 9.17) is 4.74 Å². The Morgan fingerprint density at radius 1 is 1.20 bits per heavy atom. The summed E-state index contributed by atoms with van der Waals surface area (Å²) in [4.78, 5) is 2.38. The number of piperidine rings is 1. The average Bonchev–Trinajstić information content (AvgIpc) is 2.97. The summed E-state index contributed by atoms with van der Waals surface area (Å²) in [6.07, 6.45) is 6.19. The Morgan fingerprint density at radius 3 is 2.70 bits per heavy atom. The summed E-state index contributed by atoms with van der Waals surface area (Å²) in [6, 6.07) is 10.1. The first-order valence-electron chi connectivity index (χ1n) is 7.23. The second kappa shape index (κ2) is 6.09. The van der Waals surface area contributed by atoms with Crippen LogP contribution in [0.5, 0.6) is 5.75 Å². The van der Waals surface area contributed by atoms with Gasteiger partial charge < -0.3 is 9.64 Å². The number of aromatic nitrogens is 2. The van der Waals surface area contributed by atoms with Gasteiger partial charge in [-0.05, 0) is 51.0 Å². The van der Waals surface area contributed by atoms with Crippen molar-refractivity contribution in [1.82, 2.24) is 14.7 Å². The van der Waals surface area contributed by atoms with Crippen molar-refractivity contribution in [1.29, 1.82) is 0 Å². The molecule has 4 heteroatoms. The number of hydrogen-bond donors (Lipinski definition) is 0. The molecule has 0 amide bonds. The van der Waals surface area contributed by atoms with Crippen molar-refractivity contribution in [3.8, 4) is 11.4 Å². The third-order valence-corrected chi connectivity index (χ3v) is 3.90. The van der Waals surface area contributed by atoms with Gasteiger partial charge in [-0.3, -0.25) is 0 Å². The third kappa shape index (κ3) is 3.20. The normalized spacial score (nSPS) is 17.2. The molecule has 20 heavy (non-hydrogen) atoms. The lowest BCUT2D eigenvalue weighted by molar-refractivity contribution is 0.160. The fourth-order valence-corrected chi connectivity index (χ4v) is 2.55. The summed E-state index contributed by atoms with van der Waals surface area (Å²) in [5, 5.41) is 4.35. The molecule has 1 aromatic heterocycles.